The summed E-state index contributed by atoms with van der Waals surface area (Å²) in [5.41, 5.74) is 3.70. The zero-order valence-electron chi connectivity index (χ0n) is 16.2. The monoisotopic (exact) mass is 386 g/mol. The van der Waals surface area contributed by atoms with Gasteiger partial charge >= 0.3 is 0 Å². The lowest BCUT2D eigenvalue weighted by atomic mass is 10.0. The number of hydrogen-bond donors (Lipinski definition) is 1. The molecule has 4 rings (SSSR count). The highest BCUT2D eigenvalue weighted by Crippen LogP contribution is 2.27. The van der Waals surface area contributed by atoms with Crippen LogP contribution in [0.25, 0.3) is 10.9 Å². The first kappa shape index (κ1) is 18.7. The van der Waals surface area contributed by atoms with Crippen LogP contribution < -0.4 is 5.32 Å². The molecule has 0 radical (unpaired) electrons. The maximum absolute atomic E-state index is 12.9. The van der Waals surface area contributed by atoms with E-state index < -0.39 is 11.7 Å². The number of benzene rings is 2. The van der Waals surface area contributed by atoms with E-state index in [1.54, 1.807) is 18.3 Å². The van der Waals surface area contributed by atoms with Crippen molar-refractivity contribution in [3.8, 4) is 0 Å². The fraction of sp³-hybridized carbons (Fsp3) is 0.167. The molecule has 1 N–H and O–H groups in total. The predicted molar refractivity (Wildman–Crippen MR) is 112 cm³/mol. The second-order valence-electron chi connectivity index (χ2n) is 6.91. The minimum Gasteiger partial charge on any atom is -0.467 e. The Hall–Kier alpha value is -3.60. The summed E-state index contributed by atoms with van der Waals surface area (Å²) in [7, 11) is 0. The highest BCUT2D eigenvalue weighted by Gasteiger charge is 2.22. The largest absolute Gasteiger partial charge is 0.467 e. The van der Waals surface area contributed by atoms with Gasteiger partial charge in [-0.05, 0) is 29.7 Å². The normalized spacial score (nSPS) is 10.9. The zero-order valence-corrected chi connectivity index (χ0v) is 16.2. The van der Waals surface area contributed by atoms with Gasteiger partial charge < -0.3 is 14.3 Å². The van der Waals surface area contributed by atoms with Crippen LogP contribution in [0.4, 0.5) is 0 Å². The molecule has 0 spiro atoms. The molecule has 0 aliphatic carbocycles. The minimum atomic E-state index is -0.637. The summed E-state index contributed by atoms with van der Waals surface area (Å²) in [6.45, 7) is 2.91. The van der Waals surface area contributed by atoms with Gasteiger partial charge in [0.15, 0.2) is 0 Å². The van der Waals surface area contributed by atoms with E-state index in [0.29, 0.717) is 17.9 Å². The average molecular weight is 386 g/mol. The summed E-state index contributed by atoms with van der Waals surface area (Å²) >= 11 is 0. The van der Waals surface area contributed by atoms with Crippen LogP contribution in [0.3, 0.4) is 0 Å². The molecular formula is C24H22N2O3. The predicted octanol–water partition coefficient (Wildman–Crippen LogP) is 4.34. The molecule has 29 heavy (non-hydrogen) atoms. The number of aryl methyl sites for hydroxylation is 1. The quantitative estimate of drug-likeness (QED) is 0.379. The molecule has 0 aliphatic heterocycles. The molecule has 2 aromatic heterocycles. The molecule has 0 fully saturated rings. The smallest absolute Gasteiger partial charge is 0.292 e. The van der Waals surface area contributed by atoms with Crippen LogP contribution in [0, 0.1) is 0 Å². The lowest BCUT2D eigenvalue weighted by molar-refractivity contribution is -0.117. The van der Waals surface area contributed by atoms with Crippen molar-refractivity contribution in [1.29, 1.82) is 0 Å². The van der Waals surface area contributed by atoms with Gasteiger partial charge in [-0.15, -0.1) is 0 Å². The Morgan fingerprint density at radius 2 is 1.83 bits per heavy atom. The van der Waals surface area contributed by atoms with Crippen LogP contribution in [0.1, 0.15) is 34.2 Å². The Balaban J connectivity index is 1.68. The van der Waals surface area contributed by atoms with Crippen LogP contribution in [0.5, 0.6) is 0 Å². The fourth-order valence-electron chi connectivity index (χ4n) is 3.59. The standard InChI is InChI=1S/C24H22N2O3/c1-2-18-10-6-12-20-21(23(27)24(28)25-14-19-11-7-13-29-19)16-26(22(18)20)15-17-8-4-3-5-9-17/h3-13,16H,2,14-15H2,1H3,(H,25,28). The Morgan fingerprint density at radius 3 is 2.55 bits per heavy atom. The van der Waals surface area contributed by atoms with Crippen molar-refractivity contribution in [1.82, 2.24) is 9.88 Å². The fourth-order valence-corrected chi connectivity index (χ4v) is 3.59. The number of fused-ring (bicyclic) bond motifs is 1. The number of carbonyl (C=O) groups excluding carboxylic acids is 2. The number of para-hydroxylation sites is 1. The van der Waals surface area contributed by atoms with Crippen LogP contribution in [0.2, 0.25) is 0 Å². The van der Waals surface area contributed by atoms with Gasteiger partial charge in [0.2, 0.25) is 0 Å². The number of hydrogen-bond acceptors (Lipinski definition) is 3. The van der Waals surface area contributed by atoms with Crippen molar-refractivity contribution in [3.05, 3.63) is 95.6 Å². The first-order chi connectivity index (χ1) is 14.2. The van der Waals surface area contributed by atoms with Crippen LogP contribution in [-0.2, 0) is 24.3 Å². The number of amides is 1. The molecule has 2 heterocycles. The van der Waals surface area contributed by atoms with E-state index in [2.05, 4.69) is 35.0 Å². The number of carbonyl (C=O) groups is 2. The maximum atomic E-state index is 12.9. The number of aromatic nitrogens is 1. The molecule has 0 unspecified atom stereocenters. The van der Waals surface area contributed by atoms with Gasteiger partial charge in [0.05, 0.1) is 23.9 Å². The minimum absolute atomic E-state index is 0.181. The molecule has 0 saturated carbocycles. The molecule has 5 heteroatoms. The molecule has 1 amide bonds. The number of rotatable bonds is 7. The van der Waals surface area contributed by atoms with Gasteiger partial charge in [0.25, 0.3) is 11.7 Å². The summed E-state index contributed by atoms with van der Waals surface area (Å²) < 4.78 is 7.28. The van der Waals surface area contributed by atoms with Crippen molar-refractivity contribution in [2.45, 2.75) is 26.4 Å². The number of nitrogens with zero attached hydrogens (tertiary/aromatic N) is 1. The van der Waals surface area contributed by atoms with E-state index in [1.165, 1.54) is 6.26 Å². The molecule has 4 aromatic rings. The van der Waals surface area contributed by atoms with E-state index >= 15 is 0 Å². The SMILES string of the molecule is CCc1cccc2c(C(=O)C(=O)NCc3ccco3)cn(Cc3ccccc3)c12. The van der Waals surface area contributed by atoms with E-state index in [4.69, 9.17) is 4.42 Å². The summed E-state index contributed by atoms with van der Waals surface area (Å²) in [6.07, 6.45) is 4.17. The number of ketones is 1. The second kappa shape index (κ2) is 8.19. The first-order valence-corrected chi connectivity index (χ1v) is 9.67. The van der Waals surface area contributed by atoms with Crippen LogP contribution >= 0.6 is 0 Å². The van der Waals surface area contributed by atoms with Crippen molar-refractivity contribution >= 4 is 22.6 Å². The van der Waals surface area contributed by atoms with Crippen molar-refractivity contribution in [3.63, 3.8) is 0 Å². The second-order valence-corrected chi connectivity index (χ2v) is 6.91. The molecule has 0 bridgehead atoms. The molecule has 5 nitrogen and oxygen atoms in total. The van der Waals surface area contributed by atoms with Gasteiger partial charge in [0, 0.05) is 18.1 Å². The topological polar surface area (TPSA) is 64.2 Å². The van der Waals surface area contributed by atoms with Gasteiger partial charge in [-0.1, -0.05) is 55.5 Å². The molecule has 146 valence electrons. The maximum Gasteiger partial charge on any atom is 0.292 e. The lowest BCUT2D eigenvalue weighted by Crippen LogP contribution is -2.30. The molecule has 0 saturated heterocycles. The van der Waals surface area contributed by atoms with E-state index in [0.717, 1.165) is 28.5 Å². The number of nitrogens with one attached hydrogen (secondary N) is 1. The summed E-state index contributed by atoms with van der Waals surface area (Å²) in [5.74, 6) is -0.574. The number of furan rings is 1. The molecule has 0 aliphatic rings. The number of Topliss-reactive ketones (excluding diaryl/α,β-unsaturated/α-hetero) is 1. The Kier molecular flexibility index (Phi) is 5.29. The Morgan fingerprint density at radius 1 is 1.00 bits per heavy atom. The van der Waals surface area contributed by atoms with Crippen molar-refractivity contribution in [2.75, 3.05) is 0 Å². The zero-order chi connectivity index (χ0) is 20.2. The average Bonchev–Trinajstić information content (AvgIpc) is 3.40. The highest BCUT2D eigenvalue weighted by molar-refractivity contribution is 6.45. The van der Waals surface area contributed by atoms with E-state index in [9.17, 15) is 9.59 Å². The first-order valence-electron chi connectivity index (χ1n) is 9.67. The molecular weight excluding hydrogens is 364 g/mol. The van der Waals surface area contributed by atoms with Crippen molar-refractivity contribution < 1.29 is 14.0 Å². The van der Waals surface area contributed by atoms with Gasteiger partial charge in [0.1, 0.15) is 5.76 Å². The van der Waals surface area contributed by atoms with Gasteiger partial charge in [-0.3, -0.25) is 9.59 Å². The van der Waals surface area contributed by atoms with E-state index in [1.807, 2.05) is 30.3 Å². The molecule has 0 atom stereocenters. The lowest BCUT2D eigenvalue weighted by Gasteiger charge is -2.08. The summed E-state index contributed by atoms with van der Waals surface area (Å²) in [5, 5.41) is 3.45. The van der Waals surface area contributed by atoms with Gasteiger partial charge in [-0.25, -0.2) is 0 Å². The van der Waals surface area contributed by atoms with Crippen molar-refractivity contribution in [2.24, 2.45) is 0 Å². The Labute approximate surface area is 169 Å². The van der Waals surface area contributed by atoms with E-state index in [-0.39, 0.29) is 6.54 Å². The third-order valence-electron chi connectivity index (χ3n) is 5.01. The summed E-state index contributed by atoms with van der Waals surface area (Å²) in [6, 6.07) is 19.5. The molecule has 2 aromatic carbocycles. The van der Waals surface area contributed by atoms with Crippen LogP contribution in [0.15, 0.2) is 77.5 Å². The van der Waals surface area contributed by atoms with Crippen LogP contribution in [-0.4, -0.2) is 16.3 Å². The third-order valence-corrected chi connectivity index (χ3v) is 5.01. The third kappa shape index (κ3) is 3.85. The summed E-state index contributed by atoms with van der Waals surface area (Å²) in [4.78, 5) is 25.4. The highest BCUT2D eigenvalue weighted by atomic mass is 16.3. The van der Waals surface area contributed by atoms with Gasteiger partial charge in [-0.2, -0.15) is 0 Å². The Bertz CT molecular complexity index is 1140.